The number of imide groups is 1. The molecule has 6 nitrogen and oxygen atoms in total. The number of carboxylic acids is 1. The normalized spacial score (nSPS) is 13.2. The van der Waals surface area contributed by atoms with Crippen molar-refractivity contribution in [3.05, 3.63) is 71.4 Å². The smallest absolute Gasteiger partial charge is 0.335 e. The molecule has 2 heterocycles. The summed E-state index contributed by atoms with van der Waals surface area (Å²) in [6, 6.07) is 13.4. The standard InChI is InChI=1S/C18H10N2O4S/c21-16-12-7-6-11(18(23)24)8-13(12)17(22)20(16)14-9-19-15(25-14)10-4-2-1-3-5-10/h1-9H,(H,23,24). The minimum atomic E-state index is -1.15. The van der Waals surface area contributed by atoms with Gasteiger partial charge in [-0.05, 0) is 18.2 Å². The molecule has 0 saturated carbocycles. The maximum atomic E-state index is 12.6. The summed E-state index contributed by atoms with van der Waals surface area (Å²) in [6.07, 6.45) is 1.48. The summed E-state index contributed by atoms with van der Waals surface area (Å²) >= 11 is 1.23. The summed E-state index contributed by atoms with van der Waals surface area (Å²) in [5.41, 5.74) is 1.16. The fourth-order valence-electron chi connectivity index (χ4n) is 2.66. The van der Waals surface area contributed by atoms with Gasteiger partial charge in [-0.3, -0.25) is 9.59 Å². The van der Waals surface area contributed by atoms with E-state index in [4.69, 9.17) is 5.11 Å². The van der Waals surface area contributed by atoms with E-state index in [1.54, 1.807) is 0 Å². The molecule has 1 aromatic heterocycles. The zero-order valence-electron chi connectivity index (χ0n) is 12.7. The largest absolute Gasteiger partial charge is 0.478 e. The maximum Gasteiger partial charge on any atom is 0.335 e. The Kier molecular flexibility index (Phi) is 3.43. The van der Waals surface area contributed by atoms with Crippen molar-refractivity contribution in [3.8, 4) is 10.6 Å². The van der Waals surface area contributed by atoms with Gasteiger partial charge in [0.05, 0.1) is 22.9 Å². The summed E-state index contributed by atoms with van der Waals surface area (Å²) in [6.45, 7) is 0. The number of nitrogens with zero attached hydrogens (tertiary/aromatic N) is 2. The average Bonchev–Trinajstić information content (AvgIpc) is 3.19. The first-order chi connectivity index (χ1) is 12.1. The molecule has 122 valence electrons. The summed E-state index contributed by atoms with van der Waals surface area (Å²) < 4.78 is 0. The Bertz CT molecular complexity index is 1030. The van der Waals surface area contributed by atoms with Gasteiger partial charge in [-0.25, -0.2) is 14.7 Å². The highest BCUT2D eigenvalue weighted by molar-refractivity contribution is 7.19. The van der Waals surface area contributed by atoms with Crippen LogP contribution in [-0.4, -0.2) is 27.9 Å². The van der Waals surface area contributed by atoms with Gasteiger partial charge in [-0.1, -0.05) is 41.7 Å². The van der Waals surface area contributed by atoms with E-state index in [0.717, 1.165) is 10.5 Å². The van der Waals surface area contributed by atoms with Crippen molar-refractivity contribution in [1.29, 1.82) is 0 Å². The van der Waals surface area contributed by atoms with Crippen molar-refractivity contribution in [2.75, 3.05) is 4.90 Å². The molecule has 7 heteroatoms. The van der Waals surface area contributed by atoms with E-state index >= 15 is 0 Å². The van der Waals surface area contributed by atoms with Crippen LogP contribution < -0.4 is 4.90 Å². The summed E-state index contributed by atoms with van der Waals surface area (Å²) in [7, 11) is 0. The van der Waals surface area contributed by atoms with Crippen molar-refractivity contribution in [2.45, 2.75) is 0 Å². The molecule has 0 spiro atoms. The predicted octanol–water partition coefficient (Wildman–Crippen LogP) is 3.31. The van der Waals surface area contributed by atoms with E-state index in [9.17, 15) is 14.4 Å². The maximum absolute atomic E-state index is 12.6. The van der Waals surface area contributed by atoms with Crippen molar-refractivity contribution >= 4 is 34.1 Å². The van der Waals surface area contributed by atoms with Gasteiger partial charge in [-0.15, -0.1) is 0 Å². The number of fused-ring (bicyclic) bond motifs is 1. The molecule has 1 aliphatic rings. The molecule has 0 atom stereocenters. The van der Waals surface area contributed by atoms with Crippen LogP contribution in [0.3, 0.4) is 0 Å². The van der Waals surface area contributed by atoms with Gasteiger partial charge >= 0.3 is 5.97 Å². The van der Waals surface area contributed by atoms with Gasteiger partial charge in [0.25, 0.3) is 11.8 Å². The van der Waals surface area contributed by atoms with E-state index in [1.165, 1.54) is 35.7 Å². The fourth-order valence-corrected chi connectivity index (χ4v) is 3.58. The Hall–Kier alpha value is -3.32. The SMILES string of the molecule is O=C(O)c1ccc2c(c1)C(=O)N(c1cnc(-c3ccccc3)s1)C2=O. The van der Waals surface area contributed by atoms with E-state index < -0.39 is 17.8 Å². The predicted molar refractivity (Wildman–Crippen MR) is 92.1 cm³/mol. The van der Waals surface area contributed by atoms with Gasteiger partial charge in [-0.2, -0.15) is 0 Å². The number of carbonyl (C=O) groups is 3. The summed E-state index contributed by atoms with van der Waals surface area (Å²) in [4.78, 5) is 41.6. The van der Waals surface area contributed by atoms with Crippen molar-refractivity contribution in [2.24, 2.45) is 0 Å². The number of carbonyl (C=O) groups excluding carboxylic acids is 2. The third-order valence-electron chi connectivity index (χ3n) is 3.87. The van der Waals surface area contributed by atoms with E-state index in [0.29, 0.717) is 10.0 Å². The molecule has 1 aliphatic heterocycles. The van der Waals surface area contributed by atoms with Crippen LogP contribution in [0.25, 0.3) is 10.6 Å². The lowest BCUT2D eigenvalue weighted by atomic mass is 10.1. The Morgan fingerprint density at radius 3 is 2.44 bits per heavy atom. The van der Waals surface area contributed by atoms with Crippen LogP contribution in [0, 0.1) is 0 Å². The number of aromatic nitrogens is 1. The van der Waals surface area contributed by atoms with Crippen LogP contribution in [0.1, 0.15) is 31.1 Å². The first-order valence-electron chi connectivity index (χ1n) is 7.33. The number of hydrogen-bond donors (Lipinski definition) is 1. The first kappa shape index (κ1) is 15.2. The zero-order valence-corrected chi connectivity index (χ0v) is 13.5. The highest BCUT2D eigenvalue weighted by Crippen LogP contribution is 2.35. The molecule has 4 rings (SSSR count). The third kappa shape index (κ3) is 2.41. The van der Waals surface area contributed by atoms with Crippen molar-refractivity contribution < 1.29 is 19.5 Å². The van der Waals surface area contributed by atoms with Gasteiger partial charge in [0.2, 0.25) is 0 Å². The van der Waals surface area contributed by atoms with Gasteiger partial charge in [0, 0.05) is 5.56 Å². The van der Waals surface area contributed by atoms with Crippen molar-refractivity contribution in [3.63, 3.8) is 0 Å². The van der Waals surface area contributed by atoms with E-state index in [2.05, 4.69) is 4.98 Å². The second-order valence-electron chi connectivity index (χ2n) is 5.38. The zero-order chi connectivity index (χ0) is 17.6. The lowest BCUT2D eigenvalue weighted by Gasteiger charge is -2.09. The fraction of sp³-hybridized carbons (Fsp3) is 0. The van der Waals surface area contributed by atoms with Gasteiger partial charge < -0.3 is 5.11 Å². The average molecular weight is 350 g/mol. The van der Waals surface area contributed by atoms with Crippen LogP contribution in [-0.2, 0) is 0 Å². The minimum Gasteiger partial charge on any atom is -0.478 e. The molecular formula is C18H10N2O4S. The highest BCUT2D eigenvalue weighted by atomic mass is 32.1. The van der Waals surface area contributed by atoms with E-state index in [-0.39, 0.29) is 16.7 Å². The lowest BCUT2D eigenvalue weighted by molar-refractivity contribution is 0.0696. The third-order valence-corrected chi connectivity index (χ3v) is 4.90. The number of anilines is 1. The molecule has 0 radical (unpaired) electrons. The Morgan fingerprint density at radius 2 is 1.72 bits per heavy atom. The van der Waals surface area contributed by atoms with Crippen LogP contribution in [0.15, 0.2) is 54.7 Å². The number of benzene rings is 2. The molecule has 2 amide bonds. The number of thiazole rings is 1. The number of rotatable bonds is 3. The van der Waals surface area contributed by atoms with Gasteiger partial charge in [0.1, 0.15) is 10.0 Å². The molecule has 0 aliphatic carbocycles. The number of aromatic carboxylic acids is 1. The molecule has 0 bridgehead atoms. The number of hydrogen-bond acceptors (Lipinski definition) is 5. The lowest BCUT2D eigenvalue weighted by Crippen LogP contribution is -2.28. The highest BCUT2D eigenvalue weighted by Gasteiger charge is 2.38. The monoisotopic (exact) mass is 350 g/mol. The molecule has 3 aromatic rings. The van der Waals surface area contributed by atoms with E-state index in [1.807, 2.05) is 30.3 Å². The quantitative estimate of drug-likeness (QED) is 0.732. The van der Waals surface area contributed by atoms with Crippen LogP contribution in [0.5, 0.6) is 0 Å². The molecule has 25 heavy (non-hydrogen) atoms. The molecule has 1 N–H and O–H groups in total. The number of amides is 2. The second-order valence-corrected chi connectivity index (χ2v) is 6.39. The van der Waals surface area contributed by atoms with Crippen LogP contribution >= 0.6 is 11.3 Å². The minimum absolute atomic E-state index is 0.0315. The Morgan fingerprint density at radius 1 is 1.00 bits per heavy atom. The summed E-state index contributed by atoms with van der Waals surface area (Å²) in [5.74, 6) is -2.16. The molecule has 0 unspecified atom stereocenters. The Balaban J connectivity index is 1.73. The number of carboxylic acid groups (broad SMARTS) is 1. The van der Waals surface area contributed by atoms with Gasteiger partial charge in [0.15, 0.2) is 0 Å². The van der Waals surface area contributed by atoms with Crippen molar-refractivity contribution in [1.82, 2.24) is 4.98 Å². The van der Waals surface area contributed by atoms with Crippen LogP contribution in [0.2, 0.25) is 0 Å². The topological polar surface area (TPSA) is 87.6 Å². The molecule has 0 saturated heterocycles. The second kappa shape index (κ2) is 5.64. The first-order valence-corrected chi connectivity index (χ1v) is 8.15. The Labute approximate surface area is 146 Å². The molecule has 2 aromatic carbocycles. The molecular weight excluding hydrogens is 340 g/mol. The summed E-state index contributed by atoms with van der Waals surface area (Å²) in [5, 5.41) is 10.2. The molecule has 0 fully saturated rings. The van der Waals surface area contributed by atoms with Crippen LogP contribution in [0.4, 0.5) is 5.00 Å².